The number of benzene rings is 3. The fourth-order valence-corrected chi connectivity index (χ4v) is 5.88. The third kappa shape index (κ3) is 3.91. The highest BCUT2D eigenvalue weighted by molar-refractivity contribution is 7.91. The quantitative estimate of drug-likeness (QED) is 0.397. The molecule has 0 fully saturated rings. The SMILES string of the molecule is O=C(NCc1nnc(-c2ccc(O)cc2)s1)c1ccc2c(c1)NC(=O)c1ccccc1S2(=O)=O. The van der Waals surface area contributed by atoms with Gasteiger partial charge < -0.3 is 15.7 Å². The van der Waals surface area contributed by atoms with Gasteiger partial charge in [-0.3, -0.25) is 9.59 Å². The number of hydrogen-bond donors (Lipinski definition) is 3. The number of carbonyl (C=O) groups is 2. The lowest BCUT2D eigenvalue weighted by Gasteiger charge is -2.09. The summed E-state index contributed by atoms with van der Waals surface area (Å²) < 4.78 is 26.1. The molecular formula is C23H16N4O5S2. The minimum Gasteiger partial charge on any atom is -0.508 e. The minimum absolute atomic E-state index is 0.0411. The number of rotatable bonds is 4. The standard InChI is InChI=1S/C23H16N4O5S2/c28-15-8-5-13(6-9-15)23-27-26-20(33-23)12-24-21(29)14-7-10-19-17(11-14)25-22(30)16-3-1-2-4-18(16)34(19,31)32/h1-11,28H,12H2,(H,24,29)(H,25,30). The maximum atomic E-state index is 13.1. The van der Waals surface area contributed by atoms with Gasteiger partial charge >= 0.3 is 0 Å². The topological polar surface area (TPSA) is 138 Å². The van der Waals surface area contributed by atoms with Crippen molar-refractivity contribution in [3.63, 3.8) is 0 Å². The summed E-state index contributed by atoms with van der Waals surface area (Å²) in [4.78, 5) is 25.1. The zero-order valence-corrected chi connectivity index (χ0v) is 19.0. The summed E-state index contributed by atoms with van der Waals surface area (Å²) in [7, 11) is -3.94. The van der Waals surface area contributed by atoms with E-state index in [0.29, 0.717) is 10.0 Å². The molecule has 0 aliphatic carbocycles. The summed E-state index contributed by atoms with van der Waals surface area (Å²) in [5, 5.41) is 24.1. The molecular weight excluding hydrogens is 476 g/mol. The first-order valence-electron chi connectivity index (χ1n) is 10.0. The predicted octanol–water partition coefficient (Wildman–Crippen LogP) is 3.24. The Balaban J connectivity index is 1.35. The molecule has 0 saturated heterocycles. The molecule has 1 aliphatic heterocycles. The van der Waals surface area contributed by atoms with Crippen LogP contribution in [-0.4, -0.2) is 35.5 Å². The van der Waals surface area contributed by atoms with E-state index in [0.717, 1.165) is 5.56 Å². The van der Waals surface area contributed by atoms with Gasteiger partial charge in [0, 0.05) is 11.1 Å². The van der Waals surface area contributed by atoms with Crippen LogP contribution in [0.5, 0.6) is 5.75 Å². The molecule has 1 aliphatic rings. The molecule has 4 aromatic rings. The van der Waals surface area contributed by atoms with Crippen molar-refractivity contribution in [1.29, 1.82) is 0 Å². The Hall–Kier alpha value is -4.09. The van der Waals surface area contributed by atoms with E-state index in [4.69, 9.17) is 0 Å². The van der Waals surface area contributed by atoms with Gasteiger partial charge in [0.2, 0.25) is 9.84 Å². The van der Waals surface area contributed by atoms with Gasteiger partial charge in [0.15, 0.2) is 0 Å². The molecule has 0 saturated carbocycles. The van der Waals surface area contributed by atoms with Gasteiger partial charge in [-0.25, -0.2) is 8.42 Å². The number of phenolic OH excluding ortho intramolecular Hbond substituents is 1. The Bertz CT molecular complexity index is 1550. The fourth-order valence-electron chi connectivity index (χ4n) is 3.50. The highest BCUT2D eigenvalue weighted by atomic mass is 32.2. The number of sulfone groups is 1. The van der Waals surface area contributed by atoms with Crippen LogP contribution >= 0.6 is 11.3 Å². The van der Waals surface area contributed by atoms with Gasteiger partial charge in [-0.1, -0.05) is 23.5 Å². The number of phenols is 1. The zero-order chi connectivity index (χ0) is 23.9. The van der Waals surface area contributed by atoms with Crippen molar-refractivity contribution in [2.24, 2.45) is 0 Å². The Morgan fingerprint density at radius 3 is 2.56 bits per heavy atom. The lowest BCUT2D eigenvalue weighted by molar-refractivity contribution is 0.0949. The van der Waals surface area contributed by atoms with Crippen LogP contribution in [-0.2, 0) is 16.4 Å². The number of fused-ring (bicyclic) bond motifs is 2. The van der Waals surface area contributed by atoms with Crippen molar-refractivity contribution < 1.29 is 23.1 Å². The van der Waals surface area contributed by atoms with E-state index in [-0.39, 0.29) is 38.9 Å². The molecule has 34 heavy (non-hydrogen) atoms. The zero-order valence-electron chi connectivity index (χ0n) is 17.3. The summed E-state index contributed by atoms with van der Waals surface area (Å²) in [5.74, 6) is -0.877. The van der Waals surface area contributed by atoms with E-state index in [1.54, 1.807) is 36.4 Å². The number of nitrogens with one attached hydrogen (secondary N) is 2. The predicted molar refractivity (Wildman–Crippen MR) is 124 cm³/mol. The molecule has 0 unspecified atom stereocenters. The largest absolute Gasteiger partial charge is 0.508 e. The first-order chi connectivity index (χ1) is 16.3. The second-order valence-corrected chi connectivity index (χ2v) is 10.3. The van der Waals surface area contributed by atoms with E-state index >= 15 is 0 Å². The van der Waals surface area contributed by atoms with Crippen molar-refractivity contribution in [3.8, 4) is 16.3 Å². The first-order valence-corrected chi connectivity index (χ1v) is 12.3. The summed E-state index contributed by atoms with van der Waals surface area (Å²) >= 11 is 1.29. The number of nitrogens with zero attached hydrogens (tertiary/aromatic N) is 2. The van der Waals surface area contributed by atoms with Gasteiger partial charge in [-0.2, -0.15) is 0 Å². The Kier molecular flexibility index (Phi) is 5.34. The number of carbonyl (C=O) groups excluding carboxylic acids is 2. The molecule has 0 bridgehead atoms. The molecule has 2 amide bonds. The van der Waals surface area contributed by atoms with Gasteiger partial charge in [0.25, 0.3) is 11.8 Å². The number of hydrogen-bond acceptors (Lipinski definition) is 8. The smallest absolute Gasteiger partial charge is 0.257 e. The van der Waals surface area contributed by atoms with Crippen molar-refractivity contribution >= 4 is 38.7 Å². The van der Waals surface area contributed by atoms with E-state index in [1.807, 2.05) is 0 Å². The number of anilines is 1. The van der Waals surface area contributed by atoms with Crippen LogP contribution in [0.2, 0.25) is 0 Å². The molecule has 5 rings (SSSR count). The van der Waals surface area contributed by atoms with Crippen LogP contribution in [0.15, 0.2) is 76.5 Å². The molecule has 3 aromatic carbocycles. The number of aromatic nitrogens is 2. The summed E-state index contributed by atoms with van der Waals surface area (Å²) in [6.45, 7) is 0.113. The Labute approximate surface area is 198 Å². The first kappa shape index (κ1) is 21.7. The average molecular weight is 493 g/mol. The van der Waals surface area contributed by atoms with Gasteiger partial charge in [-0.05, 0) is 54.6 Å². The molecule has 1 aromatic heterocycles. The molecule has 0 atom stereocenters. The third-order valence-electron chi connectivity index (χ3n) is 5.18. The van der Waals surface area contributed by atoms with Crippen molar-refractivity contribution in [3.05, 3.63) is 82.9 Å². The average Bonchev–Trinajstić information content (AvgIpc) is 3.29. The Morgan fingerprint density at radius 1 is 1.00 bits per heavy atom. The van der Waals surface area contributed by atoms with Crippen molar-refractivity contribution in [2.45, 2.75) is 16.3 Å². The van der Waals surface area contributed by atoms with Gasteiger partial charge in [0.1, 0.15) is 15.8 Å². The second-order valence-electron chi connectivity index (χ2n) is 7.40. The third-order valence-corrected chi connectivity index (χ3v) is 8.02. The molecule has 0 spiro atoms. The normalized spacial score (nSPS) is 13.8. The van der Waals surface area contributed by atoms with E-state index in [1.165, 1.54) is 41.7 Å². The van der Waals surface area contributed by atoms with Gasteiger partial charge in [0.05, 0.1) is 27.6 Å². The Morgan fingerprint density at radius 2 is 1.76 bits per heavy atom. The minimum atomic E-state index is -3.94. The summed E-state index contributed by atoms with van der Waals surface area (Å²) in [5.41, 5.74) is 1.06. The van der Waals surface area contributed by atoms with Gasteiger partial charge in [-0.15, -0.1) is 10.2 Å². The van der Waals surface area contributed by atoms with Crippen LogP contribution in [0.25, 0.3) is 10.6 Å². The van der Waals surface area contributed by atoms with Crippen LogP contribution in [0, 0.1) is 0 Å². The molecule has 3 N–H and O–H groups in total. The molecule has 170 valence electrons. The van der Waals surface area contributed by atoms with Crippen LogP contribution < -0.4 is 10.6 Å². The van der Waals surface area contributed by atoms with Crippen LogP contribution in [0.4, 0.5) is 5.69 Å². The second kappa shape index (κ2) is 8.36. The van der Waals surface area contributed by atoms with Crippen LogP contribution in [0.3, 0.4) is 0 Å². The highest BCUT2D eigenvalue weighted by Crippen LogP contribution is 2.34. The van der Waals surface area contributed by atoms with Crippen molar-refractivity contribution in [2.75, 3.05) is 5.32 Å². The maximum absolute atomic E-state index is 13.1. The number of aromatic hydroxyl groups is 1. The monoisotopic (exact) mass is 492 g/mol. The molecule has 2 heterocycles. The van der Waals surface area contributed by atoms with Crippen molar-refractivity contribution in [1.82, 2.24) is 15.5 Å². The molecule has 9 nitrogen and oxygen atoms in total. The fraction of sp³-hybridized carbons (Fsp3) is 0.0435. The van der Waals surface area contributed by atoms with Crippen LogP contribution in [0.1, 0.15) is 25.7 Å². The summed E-state index contributed by atoms with van der Waals surface area (Å²) in [6, 6.07) is 16.5. The van der Waals surface area contributed by atoms with E-state index in [2.05, 4.69) is 20.8 Å². The highest BCUT2D eigenvalue weighted by Gasteiger charge is 2.31. The van der Waals surface area contributed by atoms with E-state index in [9.17, 15) is 23.1 Å². The molecule has 0 radical (unpaired) electrons. The molecule has 11 heteroatoms. The number of amides is 2. The lowest BCUT2D eigenvalue weighted by Crippen LogP contribution is -2.23. The maximum Gasteiger partial charge on any atom is 0.257 e. The lowest BCUT2D eigenvalue weighted by atomic mass is 10.1. The summed E-state index contributed by atoms with van der Waals surface area (Å²) in [6.07, 6.45) is 0. The van der Waals surface area contributed by atoms with E-state index < -0.39 is 21.7 Å².